The van der Waals surface area contributed by atoms with Crippen LogP contribution in [0.15, 0.2) is 72.8 Å². The Balaban J connectivity index is 1.59. The lowest BCUT2D eigenvalue weighted by Gasteiger charge is -2.14. The van der Waals surface area contributed by atoms with E-state index in [0.717, 1.165) is 11.1 Å². The Bertz CT molecular complexity index is 799. The molecule has 3 heteroatoms. The van der Waals surface area contributed by atoms with Gasteiger partial charge in [-0.15, -0.1) is 5.48 Å². The molecule has 23 heavy (non-hydrogen) atoms. The molecule has 0 aliphatic rings. The van der Waals surface area contributed by atoms with Gasteiger partial charge in [-0.25, -0.2) is 0 Å². The van der Waals surface area contributed by atoms with Gasteiger partial charge in [-0.05, 0) is 34.9 Å². The van der Waals surface area contributed by atoms with Crippen LogP contribution in [0.3, 0.4) is 0 Å². The van der Waals surface area contributed by atoms with Gasteiger partial charge < -0.3 is 4.84 Å². The van der Waals surface area contributed by atoms with Crippen molar-refractivity contribution in [2.24, 2.45) is 0 Å². The summed E-state index contributed by atoms with van der Waals surface area (Å²) in [7, 11) is 0. The van der Waals surface area contributed by atoms with Gasteiger partial charge in [-0.2, -0.15) is 0 Å². The molecule has 0 radical (unpaired) electrons. The van der Waals surface area contributed by atoms with E-state index < -0.39 is 0 Å². The van der Waals surface area contributed by atoms with Crippen LogP contribution in [0.1, 0.15) is 24.1 Å². The highest BCUT2D eigenvalue weighted by atomic mass is 16.7. The van der Waals surface area contributed by atoms with Crippen LogP contribution in [0.25, 0.3) is 10.8 Å². The molecule has 3 rings (SSSR count). The molecule has 0 heterocycles. The van der Waals surface area contributed by atoms with Crippen LogP contribution in [0.5, 0.6) is 0 Å². The molecule has 0 fully saturated rings. The standard InChI is InChI=1S/C20H19NO2/c1-15(18-12-11-17-9-5-6-10-19(17)14-18)21-23-20(22)13-16-7-3-2-4-8-16/h2-12,14-15,21H,13H2,1H3. The van der Waals surface area contributed by atoms with Crippen LogP contribution in [-0.2, 0) is 16.1 Å². The molecule has 1 N–H and O–H groups in total. The van der Waals surface area contributed by atoms with E-state index in [0.29, 0.717) is 0 Å². The fraction of sp³-hybridized carbons (Fsp3) is 0.150. The SMILES string of the molecule is CC(NOC(=O)Cc1ccccc1)c1ccc2ccccc2c1. The van der Waals surface area contributed by atoms with Gasteiger partial charge in [0.2, 0.25) is 0 Å². The van der Waals surface area contributed by atoms with E-state index in [1.54, 1.807) is 0 Å². The summed E-state index contributed by atoms with van der Waals surface area (Å²) in [5.41, 5.74) is 4.86. The van der Waals surface area contributed by atoms with Crippen molar-refractivity contribution in [2.75, 3.05) is 0 Å². The zero-order valence-electron chi connectivity index (χ0n) is 13.0. The van der Waals surface area contributed by atoms with Gasteiger partial charge in [0.15, 0.2) is 0 Å². The lowest BCUT2D eigenvalue weighted by Crippen LogP contribution is -2.24. The maximum Gasteiger partial charge on any atom is 0.329 e. The third-order valence-corrected chi connectivity index (χ3v) is 3.81. The normalized spacial score (nSPS) is 12.0. The Hall–Kier alpha value is -2.65. The van der Waals surface area contributed by atoms with E-state index in [4.69, 9.17) is 4.84 Å². The van der Waals surface area contributed by atoms with E-state index in [1.807, 2.05) is 55.5 Å². The molecule has 0 saturated heterocycles. The van der Waals surface area contributed by atoms with Gasteiger partial charge in [0.1, 0.15) is 0 Å². The number of benzene rings is 3. The van der Waals surface area contributed by atoms with Gasteiger partial charge in [0.05, 0.1) is 12.5 Å². The second-order valence-electron chi connectivity index (χ2n) is 5.58. The first-order chi connectivity index (χ1) is 11.2. The highest BCUT2D eigenvalue weighted by Gasteiger charge is 2.10. The summed E-state index contributed by atoms with van der Waals surface area (Å²) < 4.78 is 0. The molecule has 0 aromatic heterocycles. The Kier molecular flexibility index (Phi) is 4.69. The minimum absolute atomic E-state index is 0.0701. The first kappa shape index (κ1) is 15.3. The van der Waals surface area contributed by atoms with Crippen molar-refractivity contribution >= 4 is 16.7 Å². The number of hydroxylamine groups is 1. The molecule has 1 unspecified atom stereocenters. The molecular formula is C20H19NO2. The highest BCUT2D eigenvalue weighted by molar-refractivity contribution is 5.83. The first-order valence-electron chi connectivity index (χ1n) is 7.70. The zero-order valence-corrected chi connectivity index (χ0v) is 13.0. The number of carbonyl (C=O) groups excluding carboxylic acids is 1. The molecule has 0 aliphatic carbocycles. The molecule has 1 atom stereocenters. The summed E-state index contributed by atoms with van der Waals surface area (Å²) in [6.07, 6.45) is 0.262. The first-order valence-corrected chi connectivity index (χ1v) is 7.70. The van der Waals surface area contributed by atoms with Crippen molar-refractivity contribution in [1.29, 1.82) is 0 Å². The molecule has 0 amide bonds. The van der Waals surface area contributed by atoms with Gasteiger partial charge >= 0.3 is 5.97 Å². The third kappa shape index (κ3) is 3.96. The zero-order chi connectivity index (χ0) is 16.1. The predicted molar refractivity (Wildman–Crippen MR) is 91.7 cm³/mol. The third-order valence-electron chi connectivity index (χ3n) is 3.81. The molecule has 116 valence electrons. The Labute approximate surface area is 135 Å². The number of fused-ring (bicyclic) bond motifs is 1. The minimum atomic E-state index is -0.288. The fourth-order valence-electron chi connectivity index (χ4n) is 2.50. The summed E-state index contributed by atoms with van der Waals surface area (Å²) in [5.74, 6) is -0.288. The maximum atomic E-state index is 11.9. The van der Waals surface area contributed by atoms with Crippen LogP contribution in [0.2, 0.25) is 0 Å². The van der Waals surface area contributed by atoms with E-state index in [2.05, 4.69) is 29.7 Å². The van der Waals surface area contributed by atoms with Crippen LogP contribution in [0, 0.1) is 0 Å². The number of hydrogen-bond acceptors (Lipinski definition) is 3. The van der Waals surface area contributed by atoms with Gasteiger partial charge in [-0.1, -0.05) is 66.7 Å². The maximum absolute atomic E-state index is 11.9. The lowest BCUT2D eigenvalue weighted by atomic mass is 10.0. The summed E-state index contributed by atoms with van der Waals surface area (Å²) in [4.78, 5) is 17.1. The second kappa shape index (κ2) is 7.07. The highest BCUT2D eigenvalue weighted by Crippen LogP contribution is 2.20. The van der Waals surface area contributed by atoms with Crippen molar-refractivity contribution in [3.63, 3.8) is 0 Å². The van der Waals surface area contributed by atoms with Crippen molar-refractivity contribution < 1.29 is 9.63 Å². The summed E-state index contributed by atoms with van der Waals surface area (Å²) in [5, 5.41) is 2.37. The van der Waals surface area contributed by atoms with Crippen LogP contribution < -0.4 is 5.48 Å². The second-order valence-corrected chi connectivity index (χ2v) is 5.58. The molecule has 0 saturated carbocycles. The molecule has 0 spiro atoms. The average molecular weight is 305 g/mol. The number of nitrogens with one attached hydrogen (secondary N) is 1. The lowest BCUT2D eigenvalue weighted by molar-refractivity contribution is -0.152. The summed E-state index contributed by atoms with van der Waals surface area (Å²) >= 11 is 0. The molecule has 3 aromatic carbocycles. The Morgan fingerprint density at radius 2 is 1.65 bits per heavy atom. The predicted octanol–water partition coefficient (Wildman–Crippen LogP) is 4.19. The van der Waals surface area contributed by atoms with Crippen molar-refractivity contribution in [2.45, 2.75) is 19.4 Å². The molecule has 3 aromatic rings. The van der Waals surface area contributed by atoms with Crippen LogP contribution in [-0.4, -0.2) is 5.97 Å². The van der Waals surface area contributed by atoms with Gasteiger partial charge in [0, 0.05) is 0 Å². The van der Waals surface area contributed by atoms with E-state index >= 15 is 0 Å². The fourth-order valence-corrected chi connectivity index (χ4v) is 2.50. The van der Waals surface area contributed by atoms with Gasteiger partial charge in [0.25, 0.3) is 0 Å². The van der Waals surface area contributed by atoms with E-state index in [9.17, 15) is 4.79 Å². The van der Waals surface area contributed by atoms with Gasteiger partial charge in [-0.3, -0.25) is 4.79 Å². The van der Waals surface area contributed by atoms with Crippen LogP contribution in [0.4, 0.5) is 0 Å². The Morgan fingerprint density at radius 3 is 2.43 bits per heavy atom. The molecule has 0 bridgehead atoms. The van der Waals surface area contributed by atoms with Crippen molar-refractivity contribution in [3.05, 3.63) is 83.9 Å². The van der Waals surface area contributed by atoms with Crippen LogP contribution >= 0.6 is 0 Å². The Morgan fingerprint density at radius 1 is 0.957 bits per heavy atom. The van der Waals surface area contributed by atoms with Crippen molar-refractivity contribution in [3.8, 4) is 0 Å². The minimum Gasteiger partial charge on any atom is -0.370 e. The number of carbonyl (C=O) groups is 1. The smallest absolute Gasteiger partial charge is 0.329 e. The number of hydrogen-bond donors (Lipinski definition) is 1. The van der Waals surface area contributed by atoms with E-state index in [-0.39, 0.29) is 18.4 Å². The topological polar surface area (TPSA) is 38.3 Å². The monoisotopic (exact) mass is 305 g/mol. The molecular weight excluding hydrogens is 286 g/mol. The molecule has 3 nitrogen and oxygen atoms in total. The average Bonchev–Trinajstić information content (AvgIpc) is 2.60. The summed E-state index contributed by atoms with van der Waals surface area (Å²) in [6, 6.07) is 23.9. The van der Waals surface area contributed by atoms with E-state index in [1.165, 1.54) is 10.8 Å². The summed E-state index contributed by atoms with van der Waals surface area (Å²) in [6.45, 7) is 1.97. The number of rotatable bonds is 5. The largest absolute Gasteiger partial charge is 0.370 e. The van der Waals surface area contributed by atoms with Crippen molar-refractivity contribution in [1.82, 2.24) is 5.48 Å². The molecule has 0 aliphatic heterocycles. The quantitative estimate of drug-likeness (QED) is 0.718.